The van der Waals surface area contributed by atoms with Crippen LogP contribution in [0.5, 0.6) is 0 Å². The van der Waals surface area contributed by atoms with Gasteiger partial charge >= 0.3 is 0 Å². The molecule has 9 nitrogen and oxygen atoms in total. The van der Waals surface area contributed by atoms with Crippen molar-refractivity contribution in [2.45, 2.75) is 13.0 Å². The van der Waals surface area contributed by atoms with E-state index in [2.05, 4.69) is 5.16 Å². The van der Waals surface area contributed by atoms with E-state index < -0.39 is 28.8 Å². The first-order valence-electron chi connectivity index (χ1n) is 8.36. The molecule has 2 amide bonds. The van der Waals surface area contributed by atoms with Crippen LogP contribution in [0.3, 0.4) is 0 Å². The summed E-state index contributed by atoms with van der Waals surface area (Å²) in [5.41, 5.74) is 1.42. The molecule has 1 fully saturated rings. The molecule has 0 saturated carbocycles. The van der Waals surface area contributed by atoms with E-state index in [1.54, 1.807) is 12.1 Å². The molecular formula is C19H13N3O6. The number of nitro groups is 1. The highest BCUT2D eigenvalue weighted by atomic mass is 16.7. The Labute approximate surface area is 158 Å². The predicted molar refractivity (Wildman–Crippen MR) is 96.9 cm³/mol. The molecule has 0 spiro atoms. The van der Waals surface area contributed by atoms with Gasteiger partial charge in [-0.1, -0.05) is 5.16 Å². The van der Waals surface area contributed by atoms with Crippen molar-refractivity contribution in [3.8, 4) is 0 Å². The Hall–Kier alpha value is -3.88. The number of ketones is 1. The van der Waals surface area contributed by atoms with Crippen molar-refractivity contribution < 1.29 is 24.1 Å². The number of Topliss-reactive ketones (excluding diaryl/α,β-unsaturated/α-hetero) is 1. The Bertz CT molecular complexity index is 1040. The molecule has 2 aromatic rings. The van der Waals surface area contributed by atoms with E-state index in [0.29, 0.717) is 16.8 Å². The maximum Gasteiger partial charge on any atom is 0.278 e. The monoisotopic (exact) mass is 379 g/mol. The van der Waals surface area contributed by atoms with Gasteiger partial charge in [-0.3, -0.25) is 24.5 Å². The quantitative estimate of drug-likeness (QED) is 0.347. The Morgan fingerprint density at radius 3 is 2.29 bits per heavy atom. The zero-order valence-corrected chi connectivity index (χ0v) is 14.6. The first-order chi connectivity index (χ1) is 13.4. The van der Waals surface area contributed by atoms with Crippen LogP contribution in [-0.4, -0.2) is 34.3 Å². The van der Waals surface area contributed by atoms with E-state index in [-0.39, 0.29) is 17.2 Å². The summed E-state index contributed by atoms with van der Waals surface area (Å²) in [7, 11) is 0. The number of oxime groups is 1. The van der Waals surface area contributed by atoms with Crippen LogP contribution in [0.15, 0.2) is 53.7 Å². The van der Waals surface area contributed by atoms with Crippen LogP contribution in [0.1, 0.15) is 22.8 Å². The van der Waals surface area contributed by atoms with E-state index in [1.165, 1.54) is 43.3 Å². The standard InChI is InChI=1S/C19H13N3O6/c1-10(23)11-2-6-13(7-3-11)21-18(24)15-16(20-28-17(15)19(21)25)12-4-8-14(9-5-12)22(26)27/h2-9,15,17H,1H3/t15-,17+/m1/s1. The Balaban J connectivity index is 1.64. The molecule has 0 aliphatic carbocycles. The number of carbonyl (C=O) groups excluding carboxylic acids is 3. The lowest BCUT2D eigenvalue weighted by molar-refractivity contribution is -0.384. The average Bonchev–Trinajstić information content (AvgIpc) is 3.22. The summed E-state index contributed by atoms with van der Waals surface area (Å²) in [6.45, 7) is 1.42. The van der Waals surface area contributed by atoms with E-state index in [0.717, 1.165) is 4.90 Å². The molecule has 0 radical (unpaired) electrons. The van der Waals surface area contributed by atoms with Gasteiger partial charge in [0.15, 0.2) is 5.78 Å². The van der Waals surface area contributed by atoms with Crippen molar-refractivity contribution in [2.75, 3.05) is 4.90 Å². The van der Waals surface area contributed by atoms with Crippen LogP contribution in [0, 0.1) is 16.0 Å². The number of imide groups is 1. The smallest absolute Gasteiger partial charge is 0.278 e. The zero-order chi connectivity index (χ0) is 20.0. The van der Waals surface area contributed by atoms with Gasteiger partial charge < -0.3 is 4.84 Å². The Kier molecular flexibility index (Phi) is 3.99. The normalized spacial score (nSPS) is 20.6. The summed E-state index contributed by atoms with van der Waals surface area (Å²) in [4.78, 5) is 53.5. The van der Waals surface area contributed by atoms with Gasteiger partial charge in [0.1, 0.15) is 11.6 Å². The van der Waals surface area contributed by atoms with E-state index in [4.69, 9.17) is 4.84 Å². The van der Waals surface area contributed by atoms with Crippen LogP contribution in [0.25, 0.3) is 0 Å². The zero-order valence-electron chi connectivity index (χ0n) is 14.6. The number of amides is 2. The molecule has 140 valence electrons. The third kappa shape index (κ3) is 2.64. The number of rotatable bonds is 4. The van der Waals surface area contributed by atoms with Crippen molar-refractivity contribution in [1.29, 1.82) is 0 Å². The molecule has 2 aromatic carbocycles. The first kappa shape index (κ1) is 17.5. The fourth-order valence-electron chi connectivity index (χ4n) is 3.27. The lowest BCUT2D eigenvalue weighted by Gasteiger charge is -2.15. The van der Waals surface area contributed by atoms with Crippen molar-refractivity contribution >= 4 is 34.7 Å². The molecule has 0 aromatic heterocycles. The van der Waals surface area contributed by atoms with Crippen LogP contribution in [0.4, 0.5) is 11.4 Å². The highest BCUT2D eigenvalue weighted by Crippen LogP contribution is 2.35. The topological polar surface area (TPSA) is 119 Å². The maximum absolute atomic E-state index is 12.9. The number of benzene rings is 2. The van der Waals surface area contributed by atoms with Crippen molar-refractivity contribution in [2.24, 2.45) is 11.1 Å². The number of hydrogen-bond acceptors (Lipinski definition) is 7. The molecule has 0 N–H and O–H groups in total. The molecule has 28 heavy (non-hydrogen) atoms. The van der Waals surface area contributed by atoms with E-state index in [9.17, 15) is 24.5 Å². The van der Waals surface area contributed by atoms with Crippen molar-refractivity contribution in [3.63, 3.8) is 0 Å². The third-order valence-electron chi connectivity index (χ3n) is 4.72. The average molecular weight is 379 g/mol. The molecule has 2 aliphatic rings. The SMILES string of the molecule is CC(=O)c1ccc(N2C(=O)[C@@H]3C(c4ccc([N+](=O)[O-])cc4)=NO[C@@H]3C2=O)cc1. The van der Waals surface area contributed by atoms with Crippen LogP contribution < -0.4 is 4.90 Å². The van der Waals surface area contributed by atoms with Crippen molar-refractivity contribution in [3.05, 3.63) is 69.8 Å². The van der Waals surface area contributed by atoms with Crippen LogP contribution in [-0.2, 0) is 14.4 Å². The second kappa shape index (κ2) is 6.38. The maximum atomic E-state index is 12.9. The molecule has 2 atom stereocenters. The summed E-state index contributed by atoms with van der Waals surface area (Å²) in [5.74, 6) is -2.11. The summed E-state index contributed by atoms with van der Waals surface area (Å²) >= 11 is 0. The lowest BCUT2D eigenvalue weighted by atomic mass is 9.94. The predicted octanol–water partition coefficient (Wildman–Crippen LogP) is 2.09. The fraction of sp³-hybridized carbons (Fsp3) is 0.158. The van der Waals surface area contributed by atoms with Gasteiger partial charge in [0.05, 0.1) is 10.6 Å². The number of nitrogens with zero attached hydrogens (tertiary/aromatic N) is 3. The summed E-state index contributed by atoms with van der Waals surface area (Å²) < 4.78 is 0. The van der Waals surface area contributed by atoms with Gasteiger partial charge in [0, 0.05) is 23.3 Å². The molecule has 9 heteroatoms. The second-order valence-corrected chi connectivity index (χ2v) is 6.40. The van der Waals surface area contributed by atoms with Gasteiger partial charge in [-0.25, -0.2) is 4.90 Å². The molecule has 4 rings (SSSR count). The number of anilines is 1. The second-order valence-electron chi connectivity index (χ2n) is 6.40. The minimum absolute atomic E-state index is 0.0965. The number of hydrogen-bond donors (Lipinski definition) is 0. The molecular weight excluding hydrogens is 366 g/mol. The van der Waals surface area contributed by atoms with Crippen LogP contribution >= 0.6 is 0 Å². The Morgan fingerprint density at radius 1 is 1.07 bits per heavy atom. The molecule has 0 unspecified atom stereocenters. The summed E-state index contributed by atoms with van der Waals surface area (Å²) in [6, 6.07) is 11.6. The van der Waals surface area contributed by atoms with E-state index in [1.807, 2.05) is 0 Å². The molecule has 0 bridgehead atoms. The van der Waals surface area contributed by atoms with E-state index >= 15 is 0 Å². The highest BCUT2D eigenvalue weighted by molar-refractivity contribution is 6.32. The summed E-state index contributed by atoms with van der Waals surface area (Å²) in [6.07, 6.45) is -1.08. The summed E-state index contributed by atoms with van der Waals surface area (Å²) in [5, 5.41) is 14.7. The lowest BCUT2D eigenvalue weighted by Crippen LogP contribution is -2.33. The van der Waals surface area contributed by atoms with Crippen molar-refractivity contribution in [1.82, 2.24) is 0 Å². The van der Waals surface area contributed by atoms with Crippen LogP contribution in [0.2, 0.25) is 0 Å². The number of fused-ring (bicyclic) bond motifs is 1. The highest BCUT2D eigenvalue weighted by Gasteiger charge is 2.56. The number of nitro benzene ring substituents is 1. The van der Waals surface area contributed by atoms with Gasteiger partial charge in [0.25, 0.3) is 11.6 Å². The first-order valence-corrected chi connectivity index (χ1v) is 8.36. The third-order valence-corrected chi connectivity index (χ3v) is 4.72. The fourth-order valence-corrected chi connectivity index (χ4v) is 3.27. The minimum atomic E-state index is -1.08. The number of carbonyl (C=O) groups is 3. The van der Waals surface area contributed by atoms with Gasteiger partial charge in [-0.05, 0) is 43.3 Å². The van der Waals surface area contributed by atoms with Gasteiger partial charge in [-0.2, -0.15) is 0 Å². The largest absolute Gasteiger partial charge is 0.381 e. The molecule has 1 saturated heterocycles. The minimum Gasteiger partial charge on any atom is -0.381 e. The number of non-ortho nitro benzene ring substituents is 1. The van der Waals surface area contributed by atoms with Gasteiger partial charge in [0.2, 0.25) is 12.0 Å². The molecule has 2 aliphatic heterocycles. The Morgan fingerprint density at radius 2 is 1.71 bits per heavy atom. The van der Waals surface area contributed by atoms with Gasteiger partial charge in [-0.15, -0.1) is 0 Å². The molecule has 2 heterocycles.